The van der Waals surface area contributed by atoms with Gasteiger partial charge in [0.25, 0.3) is 0 Å². The molecule has 2 nitrogen and oxygen atoms in total. The Kier molecular flexibility index (Phi) is 2.94. The highest BCUT2D eigenvalue weighted by Gasteiger charge is 2.29. The molecule has 3 heteroatoms. The van der Waals surface area contributed by atoms with Crippen molar-refractivity contribution in [1.29, 1.82) is 0 Å². The first kappa shape index (κ1) is 8.85. The van der Waals surface area contributed by atoms with E-state index in [4.69, 9.17) is 0 Å². The van der Waals surface area contributed by atoms with Gasteiger partial charge in [0.1, 0.15) is 0 Å². The molecule has 1 saturated carbocycles. The zero-order valence-corrected chi connectivity index (χ0v) is 8.57. The first-order valence-electron chi connectivity index (χ1n) is 4.95. The van der Waals surface area contributed by atoms with E-state index in [1.54, 1.807) is 0 Å². The number of thioether (sulfide) groups is 1. The molecule has 0 spiro atoms. The first-order chi connectivity index (χ1) is 5.90. The molecule has 1 atom stereocenters. The minimum Gasteiger partial charge on any atom is -0.303 e. The van der Waals surface area contributed by atoms with E-state index >= 15 is 0 Å². The van der Waals surface area contributed by atoms with E-state index in [0.29, 0.717) is 0 Å². The van der Waals surface area contributed by atoms with E-state index in [9.17, 15) is 0 Å². The van der Waals surface area contributed by atoms with Gasteiger partial charge in [0, 0.05) is 30.3 Å². The van der Waals surface area contributed by atoms with Crippen LogP contribution in [0.25, 0.3) is 0 Å². The minimum atomic E-state index is 0.760. The monoisotopic (exact) mass is 186 g/mol. The Morgan fingerprint density at radius 1 is 1.50 bits per heavy atom. The van der Waals surface area contributed by atoms with E-state index in [0.717, 1.165) is 18.0 Å². The van der Waals surface area contributed by atoms with Crippen molar-refractivity contribution < 1.29 is 0 Å². The number of hydrogen-bond acceptors (Lipinski definition) is 3. The SMILES string of the molecule is CCN(CC1CSCN1)C1CC1. The lowest BCUT2D eigenvalue weighted by Crippen LogP contribution is -2.39. The molecule has 0 aromatic carbocycles. The number of rotatable bonds is 4. The van der Waals surface area contributed by atoms with Gasteiger partial charge in [0.05, 0.1) is 0 Å². The van der Waals surface area contributed by atoms with Crippen LogP contribution in [-0.4, -0.2) is 41.7 Å². The molecule has 2 aliphatic rings. The molecule has 0 amide bonds. The molecule has 1 N–H and O–H groups in total. The van der Waals surface area contributed by atoms with Crippen LogP contribution in [0.3, 0.4) is 0 Å². The van der Waals surface area contributed by atoms with Crippen molar-refractivity contribution in [2.45, 2.75) is 31.8 Å². The Labute approximate surface area is 79.1 Å². The van der Waals surface area contributed by atoms with Gasteiger partial charge in [-0.05, 0) is 19.4 Å². The number of nitrogens with zero attached hydrogens (tertiary/aromatic N) is 1. The highest BCUT2D eigenvalue weighted by Crippen LogP contribution is 2.27. The van der Waals surface area contributed by atoms with Crippen molar-refractivity contribution in [3.8, 4) is 0 Å². The molecular weight excluding hydrogens is 168 g/mol. The van der Waals surface area contributed by atoms with E-state index < -0.39 is 0 Å². The van der Waals surface area contributed by atoms with Crippen molar-refractivity contribution in [3.63, 3.8) is 0 Å². The van der Waals surface area contributed by atoms with Crippen LogP contribution in [-0.2, 0) is 0 Å². The summed E-state index contributed by atoms with van der Waals surface area (Å²) in [6.45, 7) is 4.78. The van der Waals surface area contributed by atoms with Crippen molar-refractivity contribution in [3.05, 3.63) is 0 Å². The fraction of sp³-hybridized carbons (Fsp3) is 1.00. The molecule has 2 rings (SSSR count). The van der Waals surface area contributed by atoms with Crippen LogP contribution in [0.2, 0.25) is 0 Å². The minimum absolute atomic E-state index is 0.760. The lowest BCUT2D eigenvalue weighted by atomic mass is 10.3. The Morgan fingerprint density at radius 2 is 2.33 bits per heavy atom. The maximum absolute atomic E-state index is 3.53. The Morgan fingerprint density at radius 3 is 2.83 bits per heavy atom. The standard InChI is InChI=1S/C9H18N2S/c1-2-11(9-3-4-9)5-8-6-12-7-10-8/h8-10H,2-7H2,1H3. The molecule has 1 aliphatic heterocycles. The third-order valence-electron chi connectivity index (χ3n) is 2.72. The Bertz CT molecular complexity index is 141. The summed E-state index contributed by atoms with van der Waals surface area (Å²) in [5.74, 6) is 2.47. The molecule has 12 heavy (non-hydrogen) atoms. The second-order valence-corrected chi connectivity index (χ2v) is 4.77. The van der Waals surface area contributed by atoms with E-state index in [1.165, 1.54) is 31.7 Å². The fourth-order valence-corrected chi connectivity index (χ4v) is 2.79. The van der Waals surface area contributed by atoms with Crippen LogP contribution >= 0.6 is 11.8 Å². The average molecular weight is 186 g/mol. The normalized spacial score (nSPS) is 30.0. The van der Waals surface area contributed by atoms with Gasteiger partial charge in [-0.2, -0.15) is 0 Å². The molecule has 2 fully saturated rings. The highest BCUT2D eigenvalue weighted by molar-refractivity contribution is 7.99. The maximum atomic E-state index is 3.53. The van der Waals surface area contributed by atoms with Crippen LogP contribution in [0.4, 0.5) is 0 Å². The average Bonchev–Trinajstić information content (AvgIpc) is 2.80. The van der Waals surface area contributed by atoms with Gasteiger partial charge in [0.15, 0.2) is 0 Å². The zero-order chi connectivity index (χ0) is 8.39. The van der Waals surface area contributed by atoms with Gasteiger partial charge >= 0.3 is 0 Å². The van der Waals surface area contributed by atoms with E-state index in [-0.39, 0.29) is 0 Å². The van der Waals surface area contributed by atoms with Crippen molar-refractivity contribution in [2.75, 3.05) is 24.7 Å². The lowest BCUT2D eigenvalue weighted by molar-refractivity contribution is 0.256. The fourth-order valence-electron chi connectivity index (χ4n) is 1.81. The maximum Gasteiger partial charge on any atom is 0.0421 e. The Balaban J connectivity index is 1.74. The number of hydrogen-bond donors (Lipinski definition) is 1. The second kappa shape index (κ2) is 3.99. The summed E-state index contributed by atoms with van der Waals surface area (Å²) in [6, 6.07) is 1.69. The first-order valence-corrected chi connectivity index (χ1v) is 6.11. The van der Waals surface area contributed by atoms with Gasteiger partial charge < -0.3 is 5.32 Å². The van der Waals surface area contributed by atoms with Crippen molar-refractivity contribution >= 4 is 11.8 Å². The summed E-state index contributed by atoms with van der Waals surface area (Å²) in [5, 5.41) is 3.53. The third kappa shape index (κ3) is 2.15. The molecule has 0 aromatic rings. The summed E-state index contributed by atoms with van der Waals surface area (Å²) in [5.41, 5.74) is 0. The summed E-state index contributed by atoms with van der Waals surface area (Å²) in [6.07, 6.45) is 2.88. The van der Waals surface area contributed by atoms with E-state index in [1.807, 2.05) is 11.8 Å². The largest absolute Gasteiger partial charge is 0.303 e. The molecule has 1 aliphatic carbocycles. The third-order valence-corrected chi connectivity index (χ3v) is 3.73. The van der Waals surface area contributed by atoms with Crippen LogP contribution in [0.15, 0.2) is 0 Å². The van der Waals surface area contributed by atoms with E-state index in [2.05, 4.69) is 17.1 Å². The topological polar surface area (TPSA) is 15.3 Å². The summed E-state index contributed by atoms with van der Waals surface area (Å²) in [7, 11) is 0. The molecule has 1 unspecified atom stereocenters. The molecule has 0 bridgehead atoms. The van der Waals surface area contributed by atoms with Gasteiger partial charge in [-0.15, -0.1) is 11.8 Å². The zero-order valence-electron chi connectivity index (χ0n) is 7.75. The molecular formula is C9H18N2S. The predicted octanol–water partition coefficient (Wildman–Crippen LogP) is 1.13. The molecule has 1 saturated heterocycles. The van der Waals surface area contributed by atoms with Gasteiger partial charge in [-0.1, -0.05) is 6.92 Å². The summed E-state index contributed by atoms with van der Waals surface area (Å²) >= 11 is 2.03. The lowest BCUT2D eigenvalue weighted by Gasteiger charge is -2.23. The molecule has 70 valence electrons. The Hall–Kier alpha value is 0.270. The van der Waals surface area contributed by atoms with Crippen molar-refractivity contribution in [1.82, 2.24) is 10.2 Å². The van der Waals surface area contributed by atoms with Gasteiger partial charge in [-0.3, -0.25) is 4.90 Å². The van der Waals surface area contributed by atoms with Crippen LogP contribution in [0, 0.1) is 0 Å². The van der Waals surface area contributed by atoms with Gasteiger partial charge in [0.2, 0.25) is 0 Å². The second-order valence-electron chi connectivity index (χ2n) is 3.73. The predicted molar refractivity (Wildman–Crippen MR) is 54.5 cm³/mol. The molecule has 1 heterocycles. The van der Waals surface area contributed by atoms with Crippen LogP contribution < -0.4 is 5.32 Å². The quantitative estimate of drug-likeness (QED) is 0.708. The summed E-state index contributed by atoms with van der Waals surface area (Å²) < 4.78 is 0. The van der Waals surface area contributed by atoms with Crippen LogP contribution in [0.5, 0.6) is 0 Å². The molecule has 0 radical (unpaired) electrons. The smallest absolute Gasteiger partial charge is 0.0421 e. The highest BCUT2D eigenvalue weighted by atomic mass is 32.2. The summed E-state index contributed by atoms with van der Waals surface area (Å²) in [4.78, 5) is 2.63. The molecule has 0 aromatic heterocycles. The van der Waals surface area contributed by atoms with Crippen molar-refractivity contribution in [2.24, 2.45) is 0 Å². The van der Waals surface area contributed by atoms with Gasteiger partial charge in [-0.25, -0.2) is 0 Å². The van der Waals surface area contributed by atoms with Crippen LogP contribution in [0.1, 0.15) is 19.8 Å². The number of likely N-dealkylation sites (N-methyl/N-ethyl adjacent to an activating group) is 1. The number of nitrogens with one attached hydrogen (secondary N) is 1.